The molecule has 0 aliphatic carbocycles. The topological polar surface area (TPSA) is 65.5 Å². The van der Waals surface area contributed by atoms with Crippen LogP contribution in [0.5, 0.6) is 0 Å². The van der Waals surface area contributed by atoms with Gasteiger partial charge >= 0.3 is 5.97 Å². The molecule has 0 aliphatic rings. The molecule has 1 aromatic rings. The molecule has 0 spiro atoms. The van der Waals surface area contributed by atoms with E-state index >= 15 is 0 Å². The molecule has 1 atom stereocenters. The fourth-order valence-electron chi connectivity index (χ4n) is 0.999. The van der Waals surface area contributed by atoms with E-state index in [-0.39, 0.29) is 5.97 Å². The van der Waals surface area contributed by atoms with Crippen LogP contribution in [0, 0.1) is 0 Å². The van der Waals surface area contributed by atoms with Crippen LogP contribution in [0.1, 0.15) is 12.7 Å². The van der Waals surface area contributed by atoms with Crippen LogP contribution in [0.25, 0.3) is 0 Å². The average molecular weight is 229 g/mol. The number of nitrogens with two attached hydrogens (primary N) is 1. The Balaban J connectivity index is 2.17. The average Bonchev–Trinajstić information content (AvgIpc) is 2.71. The van der Waals surface area contributed by atoms with Crippen LogP contribution in [0.2, 0.25) is 0 Å². The summed E-state index contributed by atoms with van der Waals surface area (Å²) < 4.78 is 9.94. The Bertz CT molecular complexity index is 287. The van der Waals surface area contributed by atoms with Crippen LogP contribution < -0.4 is 5.73 Å². The molecule has 2 N–H and O–H groups in total. The lowest BCUT2D eigenvalue weighted by Crippen LogP contribution is -2.34. The Kier molecular flexibility index (Phi) is 5.28. The van der Waals surface area contributed by atoms with Gasteiger partial charge in [0.25, 0.3) is 0 Å². The minimum atomic E-state index is -0.551. The predicted octanol–water partition coefficient (Wildman–Crippen LogP) is 1.40. The second kappa shape index (κ2) is 6.53. The summed E-state index contributed by atoms with van der Waals surface area (Å²) in [7, 11) is 0. The summed E-state index contributed by atoms with van der Waals surface area (Å²) in [6.45, 7) is 2.13. The van der Waals surface area contributed by atoms with Crippen molar-refractivity contribution in [3.05, 3.63) is 24.2 Å². The third-order valence-electron chi connectivity index (χ3n) is 1.71. The van der Waals surface area contributed by atoms with Gasteiger partial charge in [0.05, 0.1) is 18.6 Å². The molecule has 0 amide bonds. The molecular formula is C10H15NO3S. The van der Waals surface area contributed by atoms with Gasteiger partial charge in [-0.25, -0.2) is 0 Å². The quantitative estimate of drug-likeness (QED) is 0.747. The normalized spacial score (nSPS) is 12.4. The first-order valence-electron chi connectivity index (χ1n) is 4.76. The highest BCUT2D eigenvalue weighted by molar-refractivity contribution is 7.98. The van der Waals surface area contributed by atoms with Crippen LogP contribution >= 0.6 is 11.8 Å². The number of furan rings is 1. The molecule has 15 heavy (non-hydrogen) atoms. The molecule has 5 heteroatoms. The highest BCUT2D eigenvalue weighted by Gasteiger charge is 2.14. The van der Waals surface area contributed by atoms with Gasteiger partial charge in [-0.05, 0) is 19.1 Å². The third-order valence-corrected chi connectivity index (χ3v) is 2.79. The zero-order valence-corrected chi connectivity index (χ0v) is 9.46. The lowest BCUT2D eigenvalue weighted by atomic mass is 10.4. The van der Waals surface area contributed by atoms with Crippen molar-refractivity contribution >= 4 is 17.7 Å². The largest absolute Gasteiger partial charge is 0.468 e. The van der Waals surface area contributed by atoms with E-state index in [1.165, 1.54) is 0 Å². The number of esters is 1. The number of rotatable bonds is 6. The summed E-state index contributed by atoms with van der Waals surface area (Å²) in [5.74, 6) is 1.81. The summed E-state index contributed by atoms with van der Waals surface area (Å²) in [5.41, 5.74) is 5.62. The Hall–Kier alpha value is -0.940. The summed E-state index contributed by atoms with van der Waals surface area (Å²) >= 11 is 1.55. The minimum absolute atomic E-state index is 0.343. The number of carbonyl (C=O) groups is 1. The van der Waals surface area contributed by atoms with Gasteiger partial charge in [-0.2, -0.15) is 11.8 Å². The van der Waals surface area contributed by atoms with Crippen molar-refractivity contribution in [2.24, 2.45) is 5.73 Å². The zero-order valence-electron chi connectivity index (χ0n) is 8.64. The number of ether oxygens (including phenoxy) is 1. The molecule has 1 rings (SSSR count). The first-order valence-corrected chi connectivity index (χ1v) is 5.92. The van der Waals surface area contributed by atoms with E-state index in [2.05, 4.69) is 0 Å². The van der Waals surface area contributed by atoms with Gasteiger partial charge < -0.3 is 14.9 Å². The van der Waals surface area contributed by atoms with Crippen LogP contribution in [-0.2, 0) is 15.3 Å². The molecule has 1 aromatic heterocycles. The van der Waals surface area contributed by atoms with E-state index in [0.717, 1.165) is 11.5 Å². The molecule has 84 valence electrons. The molecule has 0 saturated heterocycles. The second-order valence-corrected chi connectivity index (χ2v) is 3.98. The standard InChI is InChI=1S/C10H15NO3S/c1-2-13-10(12)9(11)7-15-6-8-4-3-5-14-8/h3-5,9H,2,6-7,11H2,1H3/t9-/m0/s1. The SMILES string of the molecule is CCOC(=O)[C@@H](N)CSCc1ccco1. The minimum Gasteiger partial charge on any atom is -0.468 e. The molecule has 0 fully saturated rings. The molecule has 1 heterocycles. The lowest BCUT2D eigenvalue weighted by Gasteiger charge is -2.09. The van der Waals surface area contributed by atoms with E-state index < -0.39 is 6.04 Å². The van der Waals surface area contributed by atoms with Gasteiger partial charge in [0.15, 0.2) is 0 Å². The van der Waals surface area contributed by atoms with Crippen LogP contribution in [-0.4, -0.2) is 24.4 Å². The molecule has 0 aliphatic heterocycles. The van der Waals surface area contributed by atoms with Crippen LogP contribution in [0.15, 0.2) is 22.8 Å². The molecule has 4 nitrogen and oxygen atoms in total. The molecule has 0 unspecified atom stereocenters. The fourth-order valence-corrected chi connectivity index (χ4v) is 1.87. The monoisotopic (exact) mass is 229 g/mol. The third kappa shape index (κ3) is 4.40. The first kappa shape index (κ1) is 12.1. The zero-order chi connectivity index (χ0) is 11.1. The van der Waals surface area contributed by atoms with E-state index in [1.807, 2.05) is 12.1 Å². The van der Waals surface area contributed by atoms with Crippen molar-refractivity contribution < 1.29 is 13.9 Å². The lowest BCUT2D eigenvalue weighted by molar-refractivity contribution is -0.144. The van der Waals surface area contributed by atoms with Crippen molar-refractivity contribution in [3.8, 4) is 0 Å². The van der Waals surface area contributed by atoms with E-state index in [4.69, 9.17) is 14.9 Å². The van der Waals surface area contributed by atoms with Gasteiger partial charge in [0.2, 0.25) is 0 Å². The van der Waals surface area contributed by atoms with Gasteiger partial charge in [-0.1, -0.05) is 0 Å². The Morgan fingerprint density at radius 2 is 2.53 bits per heavy atom. The smallest absolute Gasteiger partial charge is 0.323 e. The van der Waals surface area contributed by atoms with E-state index in [0.29, 0.717) is 12.4 Å². The van der Waals surface area contributed by atoms with Gasteiger partial charge in [-0.3, -0.25) is 4.79 Å². The van der Waals surface area contributed by atoms with Crippen molar-refractivity contribution in [2.45, 2.75) is 18.7 Å². The second-order valence-electron chi connectivity index (χ2n) is 2.95. The fraction of sp³-hybridized carbons (Fsp3) is 0.500. The maximum atomic E-state index is 11.2. The highest BCUT2D eigenvalue weighted by atomic mass is 32.2. The van der Waals surface area contributed by atoms with Crippen molar-refractivity contribution in [2.75, 3.05) is 12.4 Å². The van der Waals surface area contributed by atoms with Crippen molar-refractivity contribution in [1.29, 1.82) is 0 Å². The molecule has 0 saturated carbocycles. The highest BCUT2D eigenvalue weighted by Crippen LogP contribution is 2.13. The van der Waals surface area contributed by atoms with Crippen molar-refractivity contribution in [3.63, 3.8) is 0 Å². The molecule has 0 radical (unpaired) electrons. The molecular weight excluding hydrogens is 214 g/mol. The van der Waals surface area contributed by atoms with Crippen LogP contribution in [0.4, 0.5) is 0 Å². The Morgan fingerprint density at radius 3 is 3.13 bits per heavy atom. The van der Waals surface area contributed by atoms with Crippen molar-refractivity contribution in [1.82, 2.24) is 0 Å². The van der Waals surface area contributed by atoms with Gasteiger partial charge in [0, 0.05) is 5.75 Å². The summed E-state index contributed by atoms with van der Waals surface area (Å²) in [4.78, 5) is 11.2. The number of hydrogen-bond donors (Lipinski definition) is 1. The summed E-state index contributed by atoms with van der Waals surface area (Å²) in [6.07, 6.45) is 1.63. The van der Waals surface area contributed by atoms with Gasteiger partial charge in [0.1, 0.15) is 11.8 Å². The van der Waals surface area contributed by atoms with E-state index in [9.17, 15) is 4.79 Å². The molecule has 0 aromatic carbocycles. The van der Waals surface area contributed by atoms with E-state index in [1.54, 1.807) is 24.9 Å². The predicted molar refractivity (Wildman–Crippen MR) is 59.5 cm³/mol. The Morgan fingerprint density at radius 1 is 1.73 bits per heavy atom. The molecule has 0 bridgehead atoms. The number of thioether (sulfide) groups is 1. The van der Waals surface area contributed by atoms with Gasteiger partial charge in [-0.15, -0.1) is 0 Å². The summed E-state index contributed by atoms with van der Waals surface area (Å²) in [6, 6.07) is 3.18. The van der Waals surface area contributed by atoms with Crippen LogP contribution in [0.3, 0.4) is 0 Å². The maximum absolute atomic E-state index is 11.2. The first-order chi connectivity index (χ1) is 7.24. The number of carbonyl (C=O) groups excluding carboxylic acids is 1. The Labute approximate surface area is 93.2 Å². The number of hydrogen-bond acceptors (Lipinski definition) is 5. The summed E-state index contributed by atoms with van der Waals surface area (Å²) in [5, 5.41) is 0. The maximum Gasteiger partial charge on any atom is 0.323 e.